The topological polar surface area (TPSA) is 67.4 Å². The highest BCUT2D eigenvalue weighted by atomic mass is 32.2. The van der Waals surface area contributed by atoms with Crippen LogP contribution in [0, 0.1) is 0 Å². The molecule has 2 N–H and O–H groups in total. The molecule has 0 saturated carbocycles. The minimum atomic E-state index is -3.05. The number of rotatable bonds is 6. The maximum absolute atomic E-state index is 11.1. The van der Waals surface area contributed by atoms with Crippen LogP contribution in [0.2, 0.25) is 0 Å². The summed E-state index contributed by atoms with van der Waals surface area (Å²) in [5, 5.41) is 3.28. The summed E-state index contributed by atoms with van der Waals surface area (Å²) in [4.78, 5) is 0. The van der Waals surface area contributed by atoms with Crippen LogP contribution in [0.4, 0.5) is 0 Å². The Kier molecular flexibility index (Phi) is 4.98. The van der Waals surface area contributed by atoms with Crippen molar-refractivity contribution in [2.75, 3.05) is 25.4 Å². The molecule has 0 aliphatic carbocycles. The van der Waals surface area contributed by atoms with Crippen LogP contribution in [0.1, 0.15) is 20.3 Å². The fourth-order valence-electron chi connectivity index (χ4n) is 1.57. The first-order chi connectivity index (χ1) is 7.05. The molecule has 1 rings (SSSR count). The molecule has 0 aromatic rings. The monoisotopic (exact) mass is 236 g/mol. The summed E-state index contributed by atoms with van der Waals surface area (Å²) in [5.41, 5.74) is 0. The van der Waals surface area contributed by atoms with Crippen LogP contribution in [-0.2, 0) is 14.8 Å². The van der Waals surface area contributed by atoms with Crippen molar-refractivity contribution in [2.24, 2.45) is 0 Å². The number of ether oxygens (including phenoxy) is 1. The normalized spacial score (nSPS) is 27.1. The zero-order chi connectivity index (χ0) is 11.3. The highest BCUT2D eigenvalue weighted by Gasteiger charge is 2.23. The zero-order valence-electron chi connectivity index (χ0n) is 9.32. The van der Waals surface area contributed by atoms with Gasteiger partial charge in [0.05, 0.1) is 11.9 Å². The molecule has 1 fully saturated rings. The quantitative estimate of drug-likeness (QED) is 0.621. The molecule has 0 amide bonds. The van der Waals surface area contributed by atoms with Crippen LogP contribution in [0.25, 0.3) is 0 Å². The Labute approximate surface area is 91.6 Å². The second-order valence-corrected chi connectivity index (χ2v) is 5.82. The first-order valence-electron chi connectivity index (χ1n) is 5.37. The fraction of sp³-hybridized carbons (Fsp3) is 1.00. The molecular formula is C9H20N2O3S. The number of hydrogen-bond acceptors (Lipinski definition) is 4. The third-order valence-corrected chi connectivity index (χ3v) is 4.01. The van der Waals surface area contributed by atoms with Crippen molar-refractivity contribution in [1.29, 1.82) is 0 Å². The van der Waals surface area contributed by atoms with E-state index in [1.165, 1.54) is 0 Å². The lowest BCUT2D eigenvalue weighted by Gasteiger charge is -2.15. The molecule has 0 aromatic heterocycles. The predicted molar refractivity (Wildman–Crippen MR) is 59.3 cm³/mol. The Hall–Kier alpha value is -0.170. The van der Waals surface area contributed by atoms with Gasteiger partial charge in [-0.05, 0) is 20.3 Å². The highest BCUT2D eigenvalue weighted by molar-refractivity contribution is 7.89. The Morgan fingerprint density at radius 1 is 1.40 bits per heavy atom. The first-order valence-corrected chi connectivity index (χ1v) is 7.02. The fourth-order valence-corrected chi connectivity index (χ4v) is 2.18. The Balaban J connectivity index is 2.12. The molecule has 1 aliphatic heterocycles. The van der Waals surface area contributed by atoms with Gasteiger partial charge in [-0.25, -0.2) is 13.1 Å². The second-order valence-electron chi connectivity index (χ2n) is 3.72. The molecular weight excluding hydrogens is 216 g/mol. The minimum Gasteiger partial charge on any atom is -0.377 e. The van der Waals surface area contributed by atoms with Crippen LogP contribution >= 0.6 is 0 Å². The molecule has 90 valence electrons. The molecule has 2 atom stereocenters. The van der Waals surface area contributed by atoms with Gasteiger partial charge < -0.3 is 10.1 Å². The van der Waals surface area contributed by atoms with E-state index in [2.05, 4.69) is 10.0 Å². The van der Waals surface area contributed by atoms with Gasteiger partial charge in [0, 0.05) is 25.7 Å². The van der Waals surface area contributed by atoms with E-state index in [4.69, 9.17) is 4.74 Å². The Morgan fingerprint density at radius 2 is 2.13 bits per heavy atom. The smallest absolute Gasteiger partial charge is 0.211 e. The Morgan fingerprint density at radius 3 is 2.67 bits per heavy atom. The lowest BCUT2D eigenvalue weighted by molar-refractivity contribution is 0.113. The van der Waals surface area contributed by atoms with Gasteiger partial charge in [0.2, 0.25) is 10.0 Å². The van der Waals surface area contributed by atoms with Gasteiger partial charge in [-0.3, -0.25) is 0 Å². The average molecular weight is 236 g/mol. The van der Waals surface area contributed by atoms with Crippen LogP contribution in [0.15, 0.2) is 0 Å². The van der Waals surface area contributed by atoms with Crippen molar-refractivity contribution >= 4 is 10.0 Å². The van der Waals surface area contributed by atoms with Gasteiger partial charge in [-0.1, -0.05) is 0 Å². The van der Waals surface area contributed by atoms with E-state index in [9.17, 15) is 8.42 Å². The average Bonchev–Trinajstić information content (AvgIpc) is 2.59. The second kappa shape index (κ2) is 5.79. The summed E-state index contributed by atoms with van der Waals surface area (Å²) in [5.74, 6) is 0.135. The zero-order valence-corrected chi connectivity index (χ0v) is 10.1. The molecule has 0 radical (unpaired) electrons. The highest BCUT2D eigenvalue weighted by Crippen LogP contribution is 2.11. The molecule has 1 saturated heterocycles. The van der Waals surface area contributed by atoms with Gasteiger partial charge in [-0.15, -0.1) is 0 Å². The van der Waals surface area contributed by atoms with Crippen LogP contribution in [0.3, 0.4) is 0 Å². The SMILES string of the molecule is CCS(=O)(=O)NCCNC1CCOC1C. The van der Waals surface area contributed by atoms with Crippen molar-refractivity contribution in [3.8, 4) is 0 Å². The van der Waals surface area contributed by atoms with Crippen LogP contribution in [0.5, 0.6) is 0 Å². The first kappa shape index (κ1) is 12.9. The summed E-state index contributed by atoms with van der Waals surface area (Å²) < 4.78 is 30.1. The van der Waals surface area contributed by atoms with E-state index in [1.54, 1.807) is 6.92 Å². The van der Waals surface area contributed by atoms with E-state index >= 15 is 0 Å². The molecule has 15 heavy (non-hydrogen) atoms. The number of nitrogens with one attached hydrogen (secondary N) is 2. The van der Waals surface area contributed by atoms with Gasteiger partial charge >= 0.3 is 0 Å². The van der Waals surface area contributed by atoms with Crippen LogP contribution < -0.4 is 10.0 Å². The van der Waals surface area contributed by atoms with E-state index in [0.29, 0.717) is 19.1 Å². The molecule has 2 unspecified atom stereocenters. The van der Waals surface area contributed by atoms with Gasteiger partial charge in [0.25, 0.3) is 0 Å². The molecule has 0 spiro atoms. The van der Waals surface area contributed by atoms with E-state index < -0.39 is 10.0 Å². The standard InChI is InChI=1S/C9H20N2O3S/c1-3-15(12,13)11-6-5-10-9-4-7-14-8(9)2/h8-11H,3-7H2,1-2H3. The molecule has 1 aliphatic rings. The van der Waals surface area contributed by atoms with Crippen molar-refractivity contribution in [3.63, 3.8) is 0 Å². The van der Waals surface area contributed by atoms with Crippen molar-refractivity contribution in [1.82, 2.24) is 10.0 Å². The van der Waals surface area contributed by atoms with E-state index in [1.807, 2.05) is 6.92 Å². The lowest BCUT2D eigenvalue weighted by Crippen LogP contribution is -2.40. The maximum atomic E-state index is 11.1. The minimum absolute atomic E-state index is 0.135. The largest absolute Gasteiger partial charge is 0.377 e. The van der Waals surface area contributed by atoms with E-state index in [-0.39, 0.29) is 11.9 Å². The molecule has 1 heterocycles. The summed E-state index contributed by atoms with van der Waals surface area (Å²) in [6.45, 7) is 5.54. The summed E-state index contributed by atoms with van der Waals surface area (Å²) in [7, 11) is -3.05. The van der Waals surface area contributed by atoms with Gasteiger partial charge in [0.1, 0.15) is 0 Å². The lowest BCUT2D eigenvalue weighted by atomic mass is 10.1. The third-order valence-electron chi connectivity index (χ3n) is 2.61. The summed E-state index contributed by atoms with van der Waals surface area (Å²) in [6.07, 6.45) is 1.23. The van der Waals surface area contributed by atoms with Crippen molar-refractivity contribution in [2.45, 2.75) is 32.4 Å². The summed E-state index contributed by atoms with van der Waals surface area (Å²) >= 11 is 0. The summed E-state index contributed by atoms with van der Waals surface area (Å²) in [6, 6.07) is 0.358. The molecule has 0 aromatic carbocycles. The molecule has 0 bridgehead atoms. The van der Waals surface area contributed by atoms with Crippen molar-refractivity contribution in [3.05, 3.63) is 0 Å². The number of hydrogen-bond donors (Lipinski definition) is 2. The predicted octanol–water partition coefficient (Wildman–Crippen LogP) is -0.307. The van der Waals surface area contributed by atoms with E-state index in [0.717, 1.165) is 13.0 Å². The maximum Gasteiger partial charge on any atom is 0.211 e. The van der Waals surface area contributed by atoms with Gasteiger partial charge in [0.15, 0.2) is 0 Å². The van der Waals surface area contributed by atoms with Crippen LogP contribution in [-0.4, -0.2) is 46.0 Å². The van der Waals surface area contributed by atoms with Gasteiger partial charge in [-0.2, -0.15) is 0 Å². The van der Waals surface area contributed by atoms with Crippen molar-refractivity contribution < 1.29 is 13.2 Å². The Bertz CT molecular complexity index is 279. The number of sulfonamides is 1. The molecule has 5 nitrogen and oxygen atoms in total. The third kappa shape index (κ3) is 4.46. The molecule has 6 heteroatoms.